The Labute approximate surface area is 99.3 Å². The summed E-state index contributed by atoms with van der Waals surface area (Å²) in [5.41, 5.74) is 2.02. The fraction of sp³-hybridized carbons (Fsp3) is 0.250. The van der Waals surface area contributed by atoms with Crippen molar-refractivity contribution in [1.82, 2.24) is 9.55 Å². The largest absolute Gasteiger partial charge is 0.390 e. The molecule has 0 atom stereocenters. The van der Waals surface area contributed by atoms with Crippen LogP contribution in [0.2, 0.25) is 5.02 Å². The zero-order valence-electron chi connectivity index (χ0n) is 8.81. The molecule has 0 aliphatic heterocycles. The van der Waals surface area contributed by atoms with Gasteiger partial charge in [0.15, 0.2) is 0 Å². The van der Waals surface area contributed by atoms with Crippen molar-refractivity contribution < 1.29 is 5.11 Å². The van der Waals surface area contributed by atoms with Crippen LogP contribution < -0.4 is 0 Å². The monoisotopic (exact) mass is 236 g/mol. The summed E-state index contributed by atoms with van der Waals surface area (Å²) in [4.78, 5) is 4.00. The molecule has 0 aliphatic carbocycles. The number of aromatic nitrogens is 2. The van der Waals surface area contributed by atoms with Crippen molar-refractivity contribution in [2.45, 2.75) is 19.6 Å². The number of aliphatic hydroxyl groups excluding tert-OH is 1. The number of nitrogens with zero attached hydrogens (tertiary/aromatic N) is 2. The zero-order valence-corrected chi connectivity index (χ0v) is 9.56. The maximum absolute atomic E-state index is 9.07. The molecule has 4 heteroatoms. The second-order valence-corrected chi connectivity index (χ2v) is 4.05. The van der Waals surface area contributed by atoms with Crippen LogP contribution >= 0.6 is 11.6 Å². The van der Waals surface area contributed by atoms with Gasteiger partial charge in [-0.1, -0.05) is 23.7 Å². The first-order valence-electron chi connectivity index (χ1n) is 5.14. The summed E-state index contributed by atoms with van der Waals surface area (Å²) in [5.74, 6) is 0. The topological polar surface area (TPSA) is 38.1 Å². The van der Waals surface area contributed by atoms with Crippen LogP contribution in [-0.4, -0.2) is 14.7 Å². The highest BCUT2D eigenvalue weighted by Crippen LogP contribution is 2.12. The van der Waals surface area contributed by atoms with Crippen LogP contribution in [0.3, 0.4) is 0 Å². The molecule has 0 unspecified atom stereocenters. The molecule has 1 heterocycles. The molecule has 1 aromatic carbocycles. The van der Waals surface area contributed by atoms with E-state index in [1.807, 2.05) is 28.8 Å². The van der Waals surface area contributed by atoms with Crippen molar-refractivity contribution in [3.63, 3.8) is 0 Å². The van der Waals surface area contributed by atoms with Crippen molar-refractivity contribution in [3.8, 4) is 0 Å². The van der Waals surface area contributed by atoms with E-state index in [0.717, 1.165) is 23.7 Å². The normalized spacial score (nSPS) is 10.6. The van der Waals surface area contributed by atoms with Gasteiger partial charge in [-0.15, -0.1) is 0 Å². The van der Waals surface area contributed by atoms with Gasteiger partial charge in [0.05, 0.1) is 24.8 Å². The molecule has 0 saturated heterocycles. The minimum Gasteiger partial charge on any atom is -0.390 e. The van der Waals surface area contributed by atoms with Gasteiger partial charge in [-0.2, -0.15) is 0 Å². The van der Waals surface area contributed by atoms with Crippen LogP contribution in [-0.2, 0) is 19.6 Å². The van der Waals surface area contributed by atoms with Gasteiger partial charge in [-0.05, 0) is 24.1 Å². The van der Waals surface area contributed by atoms with E-state index in [9.17, 15) is 0 Å². The van der Waals surface area contributed by atoms with Gasteiger partial charge in [0.25, 0.3) is 0 Å². The fourth-order valence-corrected chi connectivity index (χ4v) is 1.84. The van der Waals surface area contributed by atoms with Crippen LogP contribution in [0.5, 0.6) is 0 Å². The van der Waals surface area contributed by atoms with Crippen LogP contribution in [0.15, 0.2) is 36.8 Å². The first-order valence-corrected chi connectivity index (χ1v) is 5.51. The molecule has 0 saturated carbocycles. The SMILES string of the molecule is OCc1cncn1CCc1cccc(Cl)c1. The maximum atomic E-state index is 9.07. The lowest BCUT2D eigenvalue weighted by Gasteiger charge is -2.06. The van der Waals surface area contributed by atoms with Crippen molar-refractivity contribution in [2.75, 3.05) is 0 Å². The summed E-state index contributed by atoms with van der Waals surface area (Å²) in [6.45, 7) is 0.825. The number of hydrogen-bond donors (Lipinski definition) is 1. The van der Waals surface area contributed by atoms with Crippen LogP contribution in [0.4, 0.5) is 0 Å². The van der Waals surface area contributed by atoms with E-state index in [2.05, 4.69) is 4.98 Å². The number of aryl methyl sites for hydroxylation is 2. The Hall–Kier alpha value is -1.32. The van der Waals surface area contributed by atoms with E-state index < -0.39 is 0 Å². The van der Waals surface area contributed by atoms with Crippen LogP contribution in [0.1, 0.15) is 11.3 Å². The molecule has 0 fully saturated rings. The van der Waals surface area contributed by atoms with E-state index in [-0.39, 0.29) is 6.61 Å². The van der Waals surface area contributed by atoms with Gasteiger partial charge >= 0.3 is 0 Å². The molecule has 0 bridgehead atoms. The second-order valence-electron chi connectivity index (χ2n) is 3.62. The van der Waals surface area contributed by atoms with Crippen molar-refractivity contribution in [1.29, 1.82) is 0 Å². The predicted octanol–water partition coefficient (Wildman–Crippen LogP) is 2.27. The molecule has 16 heavy (non-hydrogen) atoms. The molecule has 1 aromatic heterocycles. The number of aliphatic hydroxyl groups is 1. The molecule has 2 aromatic rings. The molecule has 2 rings (SSSR count). The third-order valence-corrected chi connectivity index (χ3v) is 2.73. The lowest BCUT2D eigenvalue weighted by molar-refractivity contribution is 0.270. The average Bonchev–Trinajstić information content (AvgIpc) is 2.74. The lowest BCUT2D eigenvalue weighted by atomic mass is 10.1. The third kappa shape index (κ3) is 2.62. The van der Waals surface area contributed by atoms with E-state index in [1.54, 1.807) is 12.5 Å². The highest BCUT2D eigenvalue weighted by Gasteiger charge is 2.01. The Kier molecular flexibility index (Phi) is 3.59. The van der Waals surface area contributed by atoms with Gasteiger partial charge in [0, 0.05) is 11.6 Å². The van der Waals surface area contributed by atoms with Gasteiger partial charge in [-0.25, -0.2) is 4.98 Å². The summed E-state index contributed by atoms with van der Waals surface area (Å²) >= 11 is 5.90. The Balaban J connectivity index is 2.02. The zero-order chi connectivity index (χ0) is 11.4. The van der Waals surface area contributed by atoms with Gasteiger partial charge in [-0.3, -0.25) is 0 Å². The molecule has 0 aliphatic rings. The van der Waals surface area contributed by atoms with Gasteiger partial charge < -0.3 is 9.67 Å². The standard InChI is InChI=1S/C12H13ClN2O/c13-11-3-1-2-10(6-11)4-5-15-9-14-7-12(15)8-16/h1-3,6-7,9,16H,4-5,8H2. The molecular formula is C12H13ClN2O. The molecule has 0 radical (unpaired) electrons. The van der Waals surface area contributed by atoms with Crippen molar-refractivity contribution in [2.24, 2.45) is 0 Å². The molecule has 1 N–H and O–H groups in total. The first kappa shape index (κ1) is 11.2. The highest BCUT2D eigenvalue weighted by atomic mass is 35.5. The predicted molar refractivity (Wildman–Crippen MR) is 63.3 cm³/mol. The molecule has 84 valence electrons. The second kappa shape index (κ2) is 5.14. The average molecular weight is 237 g/mol. The third-order valence-electron chi connectivity index (χ3n) is 2.49. The molecule has 0 spiro atoms. The molecular weight excluding hydrogens is 224 g/mol. The van der Waals surface area contributed by atoms with E-state index in [0.29, 0.717) is 0 Å². The van der Waals surface area contributed by atoms with E-state index in [1.165, 1.54) is 5.56 Å². The number of hydrogen-bond acceptors (Lipinski definition) is 2. The summed E-state index contributed by atoms with van der Waals surface area (Å²) < 4.78 is 1.95. The quantitative estimate of drug-likeness (QED) is 0.885. The number of rotatable bonds is 4. The number of imidazole rings is 1. The Bertz CT molecular complexity index is 468. The number of halogens is 1. The van der Waals surface area contributed by atoms with Crippen LogP contribution in [0, 0.1) is 0 Å². The summed E-state index contributed by atoms with van der Waals surface area (Å²) in [6, 6.07) is 7.80. The minimum atomic E-state index is 0.0234. The fourth-order valence-electron chi connectivity index (χ4n) is 1.62. The summed E-state index contributed by atoms with van der Waals surface area (Å²) in [5, 5.41) is 9.82. The molecule has 0 amide bonds. The summed E-state index contributed by atoms with van der Waals surface area (Å²) in [6.07, 6.45) is 4.29. The Morgan fingerprint density at radius 3 is 3.00 bits per heavy atom. The highest BCUT2D eigenvalue weighted by molar-refractivity contribution is 6.30. The Morgan fingerprint density at radius 1 is 1.38 bits per heavy atom. The van der Waals surface area contributed by atoms with E-state index in [4.69, 9.17) is 16.7 Å². The first-order chi connectivity index (χ1) is 7.79. The maximum Gasteiger partial charge on any atom is 0.0948 e. The van der Waals surface area contributed by atoms with Crippen molar-refractivity contribution >= 4 is 11.6 Å². The van der Waals surface area contributed by atoms with Crippen LogP contribution in [0.25, 0.3) is 0 Å². The lowest BCUT2D eigenvalue weighted by Crippen LogP contribution is -2.04. The van der Waals surface area contributed by atoms with E-state index >= 15 is 0 Å². The number of benzene rings is 1. The molecule has 3 nitrogen and oxygen atoms in total. The summed E-state index contributed by atoms with van der Waals surface area (Å²) in [7, 11) is 0. The van der Waals surface area contributed by atoms with Crippen molar-refractivity contribution in [3.05, 3.63) is 53.1 Å². The smallest absolute Gasteiger partial charge is 0.0948 e. The Morgan fingerprint density at radius 2 is 2.25 bits per heavy atom. The minimum absolute atomic E-state index is 0.0234. The van der Waals surface area contributed by atoms with Gasteiger partial charge in [0.2, 0.25) is 0 Å². The van der Waals surface area contributed by atoms with Gasteiger partial charge in [0.1, 0.15) is 0 Å².